The summed E-state index contributed by atoms with van der Waals surface area (Å²) in [5.74, 6) is 0. The monoisotopic (exact) mass is 372 g/mol. The number of carbonyl (C=O) groups is 2. The molecule has 0 aromatic heterocycles. The Morgan fingerprint density at radius 2 is 0.923 bits per heavy atom. The first kappa shape index (κ1) is 23.7. The zero-order chi connectivity index (χ0) is 19.9. The standard InChI is InChI=1S/C16H32N6O4/c1-5-19(6-2)15(23)21(17-25)13-11-9-10-12-14-22(18-26)16(24)20(7-3)8-4/h5-14H2,1-4H3. The largest absolute Gasteiger partial charge is 0.342 e. The van der Waals surface area contributed by atoms with E-state index in [2.05, 4.69) is 10.6 Å². The van der Waals surface area contributed by atoms with Crippen molar-refractivity contribution in [2.24, 2.45) is 10.6 Å². The molecule has 0 spiro atoms. The molecule has 10 nitrogen and oxygen atoms in total. The first-order valence-corrected chi connectivity index (χ1v) is 9.29. The van der Waals surface area contributed by atoms with Crippen molar-refractivity contribution >= 4 is 12.1 Å². The lowest BCUT2D eigenvalue weighted by atomic mass is 10.2. The molecule has 0 aliphatic heterocycles. The quantitative estimate of drug-likeness (QED) is 0.280. The van der Waals surface area contributed by atoms with Crippen LogP contribution in [0.5, 0.6) is 0 Å². The molecule has 0 heterocycles. The van der Waals surface area contributed by atoms with Crippen LogP contribution in [0.15, 0.2) is 10.6 Å². The van der Waals surface area contributed by atoms with Gasteiger partial charge < -0.3 is 9.80 Å². The fourth-order valence-electron chi connectivity index (χ4n) is 2.53. The van der Waals surface area contributed by atoms with E-state index >= 15 is 0 Å². The number of hydrogen-bond acceptors (Lipinski definition) is 6. The van der Waals surface area contributed by atoms with Crippen LogP contribution in [-0.4, -0.2) is 71.1 Å². The van der Waals surface area contributed by atoms with Gasteiger partial charge in [-0.15, -0.1) is 9.81 Å². The van der Waals surface area contributed by atoms with E-state index in [9.17, 15) is 19.4 Å². The van der Waals surface area contributed by atoms with Crippen LogP contribution in [-0.2, 0) is 0 Å². The van der Waals surface area contributed by atoms with Gasteiger partial charge in [0.15, 0.2) is 0 Å². The number of carbonyl (C=O) groups excluding carboxylic acids is 2. The van der Waals surface area contributed by atoms with E-state index in [4.69, 9.17) is 0 Å². The third-order valence-electron chi connectivity index (χ3n) is 4.20. The van der Waals surface area contributed by atoms with Gasteiger partial charge in [-0.2, -0.15) is 10.0 Å². The molecular formula is C16H32N6O4. The molecule has 0 rings (SSSR count). The lowest BCUT2D eigenvalue weighted by Gasteiger charge is -2.23. The normalized spacial score (nSPS) is 10.2. The molecule has 0 bridgehead atoms. The number of urea groups is 2. The first-order valence-electron chi connectivity index (χ1n) is 9.29. The molecule has 0 atom stereocenters. The topological polar surface area (TPSA) is 106 Å². The van der Waals surface area contributed by atoms with Crippen LogP contribution < -0.4 is 0 Å². The molecule has 150 valence electrons. The summed E-state index contributed by atoms with van der Waals surface area (Å²) in [6.07, 6.45) is 2.75. The molecule has 0 saturated heterocycles. The average molecular weight is 372 g/mol. The van der Waals surface area contributed by atoms with Crippen molar-refractivity contribution in [2.75, 3.05) is 39.3 Å². The van der Waals surface area contributed by atoms with Crippen LogP contribution in [0.2, 0.25) is 0 Å². The molecule has 4 amide bonds. The van der Waals surface area contributed by atoms with Crippen LogP contribution in [0.25, 0.3) is 0 Å². The summed E-state index contributed by atoms with van der Waals surface area (Å²) in [6, 6.07) is -0.766. The van der Waals surface area contributed by atoms with Crippen molar-refractivity contribution < 1.29 is 9.59 Å². The molecule has 10 heteroatoms. The highest BCUT2D eigenvalue weighted by atomic mass is 16.3. The highest BCUT2D eigenvalue weighted by Crippen LogP contribution is 2.08. The van der Waals surface area contributed by atoms with Gasteiger partial charge in [0, 0.05) is 39.3 Å². The fraction of sp³-hybridized carbons (Fsp3) is 0.875. The third kappa shape index (κ3) is 7.75. The maximum absolute atomic E-state index is 12.0. The lowest BCUT2D eigenvalue weighted by Crippen LogP contribution is -2.40. The van der Waals surface area contributed by atoms with Crippen molar-refractivity contribution in [3.63, 3.8) is 0 Å². The van der Waals surface area contributed by atoms with E-state index in [1.165, 1.54) is 9.80 Å². The van der Waals surface area contributed by atoms with Gasteiger partial charge in [0.05, 0.1) is 10.6 Å². The molecule has 0 unspecified atom stereocenters. The van der Waals surface area contributed by atoms with Gasteiger partial charge in [-0.3, -0.25) is 0 Å². The Morgan fingerprint density at radius 1 is 0.615 bits per heavy atom. The van der Waals surface area contributed by atoms with E-state index in [1.807, 2.05) is 27.7 Å². The highest BCUT2D eigenvalue weighted by molar-refractivity contribution is 5.74. The van der Waals surface area contributed by atoms with Crippen LogP contribution in [0.1, 0.15) is 53.4 Å². The average Bonchev–Trinajstić information content (AvgIpc) is 2.66. The Hall–Kier alpha value is -2.26. The molecule has 0 aromatic rings. The van der Waals surface area contributed by atoms with Gasteiger partial charge >= 0.3 is 12.1 Å². The summed E-state index contributed by atoms with van der Waals surface area (Å²) in [7, 11) is 0. The minimum Gasteiger partial charge on any atom is -0.324 e. The molecule has 0 radical (unpaired) electrons. The molecule has 0 aliphatic carbocycles. The zero-order valence-corrected chi connectivity index (χ0v) is 16.4. The molecule has 0 aliphatic rings. The van der Waals surface area contributed by atoms with E-state index in [0.29, 0.717) is 39.0 Å². The summed E-state index contributed by atoms with van der Waals surface area (Å²) in [4.78, 5) is 48.9. The van der Waals surface area contributed by atoms with Gasteiger partial charge in [0.1, 0.15) is 0 Å². The van der Waals surface area contributed by atoms with Crippen molar-refractivity contribution in [3.8, 4) is 0 Å². The van der Waals surface area contributed by atoms with Gasteiger partial charge in [-0.05, 0) is 40.5 Å². The molecule has 0 aromatic carbocycles. The number of hydrogen-bond donors (Lipinski definition) is 0. The molecule has 0 fully saturated rings. The Labute approximate surface area is 155 Å². The number of rotatable bonds is 13. The SMILES string of the molecule is CCN(CC)C(=O)N(CCCCCCN(N=O)C(=O)N(CC)CC)N=O. The molecule has 0 saturated carbocycles. The van der Waals surface area contributed by atoms with Crippen molar-refractivity contribution in [1.29, 1.82) is 0 Å². The van der Waals surface area contributed by atoms with Gasteiger partial charge in [-0.1, -0.05) is 12.8 Å². The smallest absolute Gasteiger partial charge is 0.324 e. The minimum absolute atomic E-state index is 0.257. The third-order valence-corrected chi connectivity index (χ3v) is 4.20. The van der Waals surface area contributed by atoms with Crippen molar-refractivity contribution in [1.82, 2.24) is 19.8 Å². The summed E-state index contributed by atoms with van der Waals surface area (Å²) in [6.45, 7) is 9.99. The predicted molar refractivity (Wildman–Crippen MR) is 100 cm³/mol. The molecular weight excluding hydrogens is 340 g/mol. The Bertz CT molecular complexity index is 400. The van der Waals surface area contributed by atoms with Crippen molar-refractivity contribution in [3.05, 3.63) is 9.81 Å². The maximum atomic E-state index is 12.0. The number of unbranched alkanes of at least 4 members (excludes halogenated alkanes) is 3. The molecule has 0 N–H and O–H groups in total. The lowest BCUT2D eigenvalue weighted by molar-refractivity contribution is 0.154. The second-order valence-corrected chi connectivity index (χ2v) is 5.73. The summed E-state index contributed by atoms with van der Waals surface area (Å²) in [5.41, 5.74) is 0. The van der Waals surface area contributed by atoms with Gasteiger partial charge in [0.2, 0.25) is 0 Å². The van der Waals surface area contributed by atoms with E-state index < -0.39 is 0 Å². The van der Waals surface area contributed by atoms with Gasteiger partial charge in [0.25, 0.3) is 0 Å². The van der Waals surface area contributed by atoms with Crippen LogP contribution in [0.3, 0.4) is 0 Å². The second kappa shape index (κ2) is 14.0. The van der Waals surface area contributed by atoms with Crippen LogP contribution in [0.4, 0.5) is 9.59 Å². The van der Waals surface area contributed by atoms with Crippen LogP contribution >= 0.6 is 0 Å². The van der Waals surface area contributed by atoms with E-state index in [1.54, 1.807) is 0 Å². The summed E-state index contributed by atoms with van der Waals surface area (Å²) in [5, 5.41) is 7.49. The minimum atomic E-state index is -0.383. The Balaban J connectivity index is 4.18. The summed E-state index contributed by atoms with van der Waals surface area (Å²) < 4.78 is 0. The van der Waals surface area contributed by atoms with Gasteiger partial charge in [-0.25, -0.2) is 9.59 Å². The second-order valence-electron chi connectivity index (χ2n) is 5.73. The predicted octanol–water partition coefficient (Wildman–Crippen LogP) is 3.44. The number of amides is 4. The van der Waals surface area contributed by atoms with Crippen molar-refractivity contribution in [2.45, 2.75) is 53.4 Å². The number of nitrogens with zero attached hydrogens (tertiary/aromatic N) is 6. The zero-order valence-electron chi connectivity index (χ0n) is 16.4. The van der Waals surface area contributed by atoms with E-state index in [0.717, 1.165) is 22.9 Å². The highest BCUT2D eigenvalue weighted by Gasteiger charge is 2.20. The summed E-state index contributed by atoms with van der Waals surface area (Å²) >= 11 is 0. The Morgan fingerprint density at radius 3 is 1.15 bits per heavy atom. The molecule has 26 heavy (non-hydrogen) atoms. The number of nitroso groups, excluding NO2 is 2. The fourth-order valence-corrected chi connectivity index (χ4v) is 2.53. The Kier molecular flexibility index (Phi) is 12.8. The first-order chi connectivity index (χ1) is 12.5. The van der Waals surface area contributed by atoms with E-state index in [-0.39, 0.29) is 25.2 Å². The van der Waals surface area contributed by atoms with Crippen LogP contribution in [0, 0.1) is 9.81 Å². The maximum Gasteiger partial charge on any atom is 0.342 e.